The SMILES string of the molecule is C=CC[C@@](O)([C@H]1CC[C@H]2C[C@@H]1C2(C)C)[Si](C)(C)c1ccccc1. The second-order valence-corrected chi connectivity index (χ2v) is 13.6. The number of rotatable bonds is 5. The molecule has 0 saturated heterocycles. The molecule has 1 aromatic carbocycles. The van der Waals surface area contributed by atoms with E-state index in [0.29, 0.717) is 17.3 Å². The molecule has 2 heteroatoms. The van der Waals surface area contributed by atoms with E-state index in [2.05, 4.69) is 63.9 Å². The van der Waals surface area contributed by atoms with Crippen molar-refractivity contribution in [3.63, 3.8) is 0 Å². The Bertz CT molecular complexity index is 575. The van der Waals surface area contributed by atoms with E-state index in [-0.39, 0.29) is 0 Å². The summed E-state index contributed by atoms with van der Waals surface area (Å²) in [5.41, 5.74) is 0.402. The number of aliphatic hydroxyl groups is 1. The third-order valence-corrected chi connectivity index (χ3v) is 12.0. The van der Waals surface area contributed by atoms with E-state index in [1.165, 1.54) is 24.4 Å². The smallest absolute Gasteiger partial charge is 0.117 e. The number of hydrogen-bond acceptors (Lipinski definition) is 1. The highest BCUT2D eigenvalue weighted by atomic mass is 28.3. The minimum atomic E-state index is -2.04. The van der Waals surface area contributed by atoms with Gasteiger partial charge in [0.15, 0.2) is 0 Å². The van der Waals surface area contributed by atoms with Crippen LogP contribution in [0, 0.1) is 23.2 Å². The van der Waals surface area contributed by atoms with Gasteiger partial charge in [-0.15, -0.1) is 6.58 Å². The first-order valence-electron chi connectivity index (χ1n) is 9.14. The molecule has 1 aromatic rings. The lowest BCUT2D eigenvalue weighted by atomic mass is 9.44. The summed E-state index contributed by atoms with van der Waals surface area (Å²) in [7, 11) is -2.04. The zero-order valence-corrected chi connectivity index (χ0v) is 16.2. The highest BCUT2D eigenvalue weighted by Gasteiger charge is 2.62. The second kappa shape index (κ2) is 5.60. The van der Waals surface area contributed by atoms with Gasteiger partial charge >= 0.3 is 0 Å². The minimum Gasteiger partial charge on any atom is -0.392 e. The maximum atomic E-state index is 12.0. The molecule has 1 nitrogen and oxygen atoms in total. The van der Waals surface area contributed by atoms with E-state index in [4.69, 9.17) is 0 Å². The van der Waals surface area contributed by atoms with E-state index in [9.17, 15) is 5.11 Å². The van der Waals surface area contributed by atoms with Crippen LogP contribution in [-0.4, -0.2) is 18.4 Å². The van der Waals surface area contributed by atoms with Crippen LogP contribution in [0.4, 0.5) is 0 Å². The van der Waals surface area contributed by atoms with E-state index in [1.54, 1.807) is 0 Å². The molecule has 3 saturated carbocycles. The van der Waals surface area contributed by atoms with Crippen molar-refractivity contribution < 1.29 is 5.11 Å². The molecule has 0 aliphatic heterocycles. The molecular weight excluding hydrogens is 296 g/mol. The lowest BCUT2D eigenvalue weighted by Gasteiger charge is -2.65. The van der Waals surface area contributed by atoms with Gasteiger partial charge in [0.25, 0.3) is 0 Å². The maximum absolute atomic E-state index is 12.0. The average molecular weight is 329 g/mol. The van der Waals surface area contributed by atoms with Gasteiger partial charge in [-0.25, -0.2) is 0 Å². The summed E-state index contributed by atoms with van der Waals surface area (Å²) in [4.78, 5) is 0. The highest BCUT2D eigenvalue weighted by Crippen LogP contribution is 2.64. The lowest BCUT2D eigenvalue weighted by Crippen LogP contribution is -2.70. The summed E-state index contributed by atoms with van der Waals surface area (Å²) in [6.45, 7) is 13.5. The maximum Gasteiger partial charge on any atom is 0.117 e. The molecule has 0 heterocycles. The second-order valence-electron chi connectivity index (χ2n) is 8.95. The Kier molecular flexibility index (Phi) is 4.13. The summed E-state index contributed by atoms with van der Waals surface area (Å²) in [6.07, 6.45) is 6.47. The van der Waals surface area contributed by atoms with Crippen LogP contribution < -0.4 is 5.19 Å². The molecule has 0 amide bonds. The molecule has 0 radical (unpaired) electrons. The number of fused-ring (bicyclic) bond motifs is 2. The van der Waals surface area contributed by atoms with Gasteiger partial charge in [-0.3, -0.25) is 0 Å². The molecule has 4 atom stereocenters. The van der Waals surface area contributed by atoms with E-state index < -0.39 is 13.3 Å². The molecule has 3 aliphatic rings. The summed E-state index contributed by atoms with van der Waals surface area (Å²) in [5.74, 6) is 1.96. The van der Waals surface area contributed by atoms with Crippen LogP contribution in [0.25, 0.3) is 0 Å². The van der Waals surface area contributed by atoms with Gasteiger partial charge in [0.1, 0.15) is 8.07 Å². The average Bonchev–Trinajstić information content (AvgIpc) is 2.55. The fourth-order valence-corrected chi connectivity index (χ4v) is 9.03. The fraction of sp³-hybridized carbons (Fsp3) is 0.619. The van der Waals surface area contributed by atoms with Crippen molar-refractivity contribution in [2.75, 3.05) is 0 Å². The Balaban J connectivity index is 2.01. The van der Waals surface area contributed by atoms with Gasteiger partial charge in [0, 0.05) is 0 Å². The molecule has 23 heavy (non-hydrogen) atoms. The molecule has 126 valence electrons. The largest absolute Gasteiger partial charge is 0.392 e. The van der Waals surface area contributed by atoms with Gasteiger partial charge in [0.05, 0.1) is 5.22 Å². The van der Waals surface area contributed by atoms with Crippen molar-refractivity contribution in [2.24, 2.45) is 23.2 Å². The van der Waals surface area contributed by atoms with Gasteiger partial charge in [-0.05, 0) is 48.9 Å². The van der Waals surface area contributed by atoms with Crippen molar-refractivity contribution in [1.82, 2.24) is 0 Å². The van der Waals surface area contributed by atoms with Crippen molar-refractivity contribution in [3.05, 3.63) is 43.0 Å². The summed E-state index contributed by atoms with van der Waals surface area (Å²) < 4.78 is 0. The topological polar surface area (TPSA) is 20.2 Å². The lowest BCUT2D eigenvalue weighted by molar-refractivity contribution is -0.150. The molecule has 0 unspecified atom stereocenters. The Labute approximate surface area is 142 Å². The molecular formula is C21H32OSi. The third-order valence-electron chi connectivity index (χ3n) is 7.50. The first kappa shape index (κ1) is 17.0. The summed E-state index contributed by atoms with van der Waals surface area (Å²) in [5, 5.41) is 12.8. The first-order chi connectivity index (χ1) is 10.7. The zero-order chi connectivity index (χ0) is 16.9. The minimum absolute atomic E-state index is 0.402. The molecule has 3 aliphatic carbocycles. The quantitative estimate of drug-likeness (QED) is 0.622. The van der Waals surface area contributed by atoms with E-state index in [1.807, 2.05) is 6.08 Å². The van der Waals surface area contributed by atoms with Crippen LogP contribution in [0.1, 0.15) is 39.5 Å². The van der Waals surface area contributed by atoms with Gasteiger partial charge in [0.2, 0.25) is 0 Å². The van der Waals surface area contributed by atoms with Crippen molar-refractivity contribution >= 4 is 13.3 Å². The van der Waals surface area contributed by atoms with Gasteiger partial charge in [-0.2, -0.15) is 0 Å². The Morgan fingerprint density at radius 3 is 2.43 bits per heavy atom. The number of benzene rings is 1. The van der Waals surface area contributed by atoms with Crippen molar-refractivity contribution in [2.45, 2.75) is 57.8 Å². The molecule has 1 N–H and O–H groups in total. The van der Waals surface area contributed by atoms with Crippen molar-refractivity contribution in [3.8, 4) is 0 Å². The van der Waals surface area contributed by atoms with Crippen LogP contribution in [-0.2, 0) is 0 Å². The van der Waals surface area contributed by atoms with Crippen LogP contribution in [0.2, 0.25) is 13.1 Å². The van der Waals surface area contributed by atoms with Crippen LogP contribution in [0.3, 0.4) is 0 Å². The predicted molar refractivity (Wildman–Crippen MR) is 101 cm³/mol. The van der Waals surface area contributed by atoms with Gasteiger partial charge < -0.3 is 5.11 Å². The Morgan fingerprint density at radius 2 is 1.91 bits per heavy atom. The highest BCUT2D eigenvalue weighted by molar-refractivity contribution is 6.92. The normalized spacial score (nSPS) is 31.8. The van der Waals surface area contributed by atoms with E-state index >= 15 is 0 Å². The molecule has 3 fully saturated rings. The zero-order valence-electron chi connectivity index (χ0n) is 15.2. The molecule has 2 bridgehead atoms. The Morgan fingerprint density at radius 1 is 1.26 bits per heavy atom. The Hall–Kier alpha value is -0.863. The molecule has 4 rings (SSSR count). The standard InChI is InChI=1S/C21H32OSi/c1-6-14-21(22,23(4,5)17-10-8-7-9-11-17)18-13-12-16-15-19(18)20(16,2)3/h6-11,16,18-19,22H,1,12-15H2,2-5H3/t16-,18-,19-,21-/m0/s1. The van der Waals surface area contributed by atoms with Crippen LogP contribution in [0.5, 0.6) is 0 Å². The van der Waals surface area contributed by atoms with Crippen LogP contribution >= 0.6 is 0 Å². The summed E-state index contributed by atoms with van der Waals surface area (Å²) in [6, 6.07) is 10.7. The number of hydrogen-bond donors (Lipinski definition) is 1. The van der Waals surface area contributed by atoms with E-state index in [0.717, 1.165) is 12.3 Å². The van der Waals surface area contributed by atoms with Gasteiger partial charge in [-0.1, -0.05) is 68.5 Å². The molecule has 0 spiro atoms. The first-order valence-corrected chi connectivity index (χ1v) is 12.1. The fourth-order valence-electron chi connectivity index (χ4n) is 5.58. The summed E-state index contributed by atoms with van der Waals surface area (Å²) >= 11 is 0. The van der Waals surface area contributed by atoms with Crippen molar-refractivity contribution in [1.29, 1.82) is 0 Å². The predicted octanol–water partition coefficient (Wildman–Crippen LogP) is 4.52. The monoisotopic (exact) mass is 328 g/mol. The van der Waals surface area contributed by atoms with Crippen LogP contribution in [0.15, 0.2) is 43.0 Å². The molecule has 0 aromatic heterocycles. The third kappa shape index (κ3) is 2.37.